The van der Waals surface area contributed by atoms with Crippen molar-refractivity contribution in [2.24, 2.45) is 0 Å². The summed E-state index contributed by atoms with van der Waals surface area (Å²) in [6.45, 7) is 6.67. The predicted molar refractivity (Wildman–Crippen MR) is 368 cm³/mol. The lowest BCUT2D eigenvalue weighted by Crippen LogP contribution is -2.60. The fourth-order valence-electron chi connectivity index (χ4n) is 16.3. The van der Waals surface area contributed by atoms with Crippen LogP contribution >= 0.6 is 11.3 Å². The summed E-state index contributed by atoms with van der Waals surface area (Å²) < 4.78 is 12.7. The number of thiophene rings is 1. The van der Waals surface area contributed by atoms with Crippen LogP contribution in [0.15, 0.2) is 271 Å². The van der Waals surface area contributed by atoms with E-state index in [4.69, 9.17) is 4.42 Å². The molecule has 19 rings (SSSR count). The van der Waals surface area contributed by atoms with Gasteiger partial charge in [0, 0.05) is 69.9 Å². The first kappa shape index (κ1) is 48.9. The zero-order chi connectivity index (χ0) is 57.4. The molecule has 13 aromatic carbocycles. The lowest BCUT2D eigenvalue weighted by atomic mass is 9.33. The molecule has 406 valence electrons. The van der Waals surface area contributed by atoms with Crippen LogP contribution in [-0.2, 0) is 5.41 Å². The van der Waals surface area contributed by atoms with Crippen molar-refractivity contribution in [3.05, 3.63) is 306 Å². The molecule has 5 heteroatoms. The van der Waals surface area contributed by atoms with Crippen LogP contribution in [-0.4, -0.2) is 11.3 Å². The van der Waals surface area contributed by atoms with Crippen molar-refractivity contribution in [1.29, 1.82) is 0 Å². The molecule has 0 unspecified atom stereocenters. The number of hydrogen-bond donors (Lipinski definition) is 0. The Hall–Kier alpha value is -10.5. The average Bonchev–Trinajstić information content (AvgIpc) is 1.76. The number of nitrogens with zero attached hydrogens (tertiary/aromatic N) is 2. The quantitative estimate of drug-likeness (QED) is 0.155. The van der Waals surface area contributed by atoms with Crippen LogP contribution in [0.1, 0.15) is 38.9 Å². The van der Waals surface area contributed by atoms with Gasteiger partial charge < -0.3 is 13.9 Å². The van der Waals surface area contributed by atoms with E-state index < -0.39 is 5.41 Å². The van der Waals surface area contributed by atoms with E-state index >= 15 is 0 Å². The van der Waals surface area contributed by atoms with Crippen molar-refractivity contribution in [1.82, 2.24) is 4.57 Å². The second-order valence-corrected chi connectivity index (χ2v) is 25.5. The molecule has 3 aliphatic rings. The third kappa shape index (κ3) is 6.72. The van der Waals surface area contributed by atoms with E-state index in [-0.39, 0.29) is 6.71 Å². The van der Waals surface area contributed by atoms with Crippen molar-refractivity contribution in [2.45, 2.75) is 26.2 Å². The lowest BCUT2D eigenvalue weighted by Gasteiger charge is -2.41. The van der Waals surface area contributed by atoms with Gasteiger partial charge in [-0.25, -0.2) is 0 Å². The highest BCUT2D eigenvalue weighted by molar-refractivity contribution is 7.25. The number of fused-ring (bicyclic) bond motifs is 16. The molecular weight excluding hydrogens is 1070 g/mol. The molecule has 1 aliphatic carbocycles. The summed E-state index contributed by atoms with van der Waals surface area (Å²) in [6.07, 6.45) is 0. The molecule has 0 bridgehead atoms. The number of aryl methyl sites for hydroxylation is 3. The predicted octanol–water partition coefficient (Wildman–Crippen LogP) is 20.0. The van der Waals surface area contributed by atoms with Gasteiger partial charge in [0.15, 0.2) is 0 Å². The molecule has 0 amide bonds. The van der Waals surface area contributed by atoms with E-state index in [1.807, 2.05) is 11.3 Å². The minimum Gasteiger partial charge on any atom is -0.456 e. The number of aromatic nitrogens is 1. The summed E-state index contributed by atoms with van der Waals surface area (Å²) in [5.74, 6) is 0. The minimum absolute atomic E-state index is 0.139. The second kappa shape index (κ2) is 18.0. The van der Waals surface area contributed by atoms with Crippen molar-refractivity contribution < 1.29 is 4.42 Å². The highest BCUT2D eigenvalue weighted by Crippen LogP contribution is 2.58. The van der Waals surface area contributed by atoms with E-state index in [1.165, 1.54) is 142 Å². The minimum atomic E-state index is -0.567. The Morgan fingerprint density at radius 3 is 1.80 bits per heavy atom. The van der Waals surface area contributed by atoms with Gasteiger partial charge in [0.25, 0.3) is 6.71 Å². The highest BCUT2D eigenvalue weighted by Gasteiger charge is 2.48. The van der Waals surface area contributed by atoms with Crippen molar-refractivity contribution in [3.8, 4) is 50.2 Å². The Morgan fingerprint density at radius 2 is 1.03 bits per heavy atom. The van der Waals surface area contributed by atoms with Crippen molar-refractivity contribution in [3.63, 3.8) is 0 Å². The SMILES string of the molecule is Cc1cc(C)c(-c2cc3c4c(c2)-n2c5cc6sc7ccccc7c6cc5c5cccc(c52)B4c2cc4oc5cc6c(cc5c4cc2N3c2ccc(-c3ccccc3)cc2-c2ccccc2)-c2ccccc2C6(c2ccccc2)c2ccccc2)c(C)c1. The molecule has 0 atom stereocenters. The molecule has 16 aromatic rings. The second-order valence-electron chi connectivity index (χ2n) is 24.4. The number of hydrogen-bond acceptors (Lipinski definition) is 3. The third-order valence-electron chi connectivity index (χ3n) is 19.7. The molecule has 0 saturated heterocycles. The molecule has 0 N–H and O–H groups in total. The van der Waals surface area contributed by atoms with Crippen LogP contribution in [0.4, 0.5) is 17.1 Å². The molecule has 87 heavy (non-hydrogen) atoms. The van der Waals surface area contributed by atoms with Gasteiger partial charge in [-0.05, 0) is 176 Å². The van der Waals surface area contributed by atoms with E-state index in [9.17, 15) is 0 Å². The maximum absolute atomic E-state index is 7.49. The first-order valence-corrected chi connectivity index (χ1v) is 31.1. The molecule has 2 aliphatic heterocycles. The molecule has 3 nitrogen and oxygen atoms in total. The summed E-state index contributed by atoms with van der Waals surface area (Å²) in [4.78, 5) is 2.64. The van der Waals surface area contributed by atoms with Crippen LogP contribution in [0, 0.1) is 20.8 Å². The van der Waals surface area contributed by atoms with Crippen LogP contribution in [0.2, 0.25) is 0 Å². The number of anilines is 3. The van der Waals surface area contributed by atoms with Crippen LogP contribution in [0.3, 0.4) is 0 Å². The smallest absolute Gasteiger partial charge is 0.252 e. The molecule has 0 spiro atoms. The third-order valence-corrected chi connectivity index (χ3v) is 20.8. The molecule has 3 aromatic heterocycles. The normalized spacial score (nSPS) is 13.5. The number of furan rings is 1. The summed E-state index contributed by atoms with van der Waals surface area (Å²) in [7, 11) is 0. The molecule has 0 saturated carbocycles. The Morgan fingerprint density at radius 1 is 0.379 bits per heavy atom. The van der Waals surface area contributed by atoms with Crippen molar-refractivity contribution in [2.75, 3.05) is 4.90 Å². The van der Waals surface area contributed by atoms with Gasteiger partial charge in [0.1, 0.15) is 11.2 Å². The number of rotatable bonds is 6. The summed E-state index contributed by atoms with van der Waals surface area (Å²) in [5, 5.41) is 7.35. The first-order chi connectivity index (χ1) is 42.9. The Balaban J connectivity index is 0.956. The first-order valence-electron chi connectivity index (χ1n) is 30.3. The largest absolute Gasteiger partial charge is 0.456 e. The average molecular weight is 1130 g/mol. The molecule has 5 heterocycles. The number of para-hydroxylation sites is 1. The standard InChI is InChI=1S/C82H53BN2OS/c1-48-37-49(2)79(50(3)38-48)54-40-73-80-74(41-54)85-71-47-78-65(58-30-17-19-34-77(58)87-78)43-62(71)59-31-20-33-68(81(59)85)83(80)69-46-76-64(44-72(69)84(73)70-36-35-53(51-21-8-4-9-22-51)39-60(70)52-23-10-5-11-24-52)63-42-61-57-29-16-18-32-66(57)82(55-25-12-6-13-26-55,56-27-14-7-15-28-56)67(61)45-75(63)86-76/h4-47H,1-3H3. The molecule has 0 radical (unpaired) electrons. The highest BCUT2D eigenvalue weighted by atomic mass is 32.1. The van der Waals surface area contributed by atoms with Crippen LogP contribution < -0.4 is 21.3 Å². The Kier molecular flexibility index (Phi) is 10.1. The topological polar surface area (TPSA) is 21.3 Å². The maximum Gasteiger partial charge on any atom is 0.252 e. The fraction of sp³-hybridized carbons (Fsp3) is 0.0488. The zero-order valence-electron chi connectivity index (χ0n) is 48.2. The van der Waals surface area contributed by atoms with E-state index in [2.05, 4.69) is 297 Å². The van der Waals surface area contributed by atoms with Crippen LogP contribution in [0.25, 0.3) is 114 Å². The Labute approximate surface area is 508 Å². The van der Waals surface area contributed by atoms with E-state index in [0.717, 1.165) is 44.4 Å². The number of benzene rings is 13. The van der Waals surface area contributed by atoms with Gasteiger partial charge in [0.05, 0.1) is 16.6 Å². The maximum atomic E-state index is 7.49. The lowest BCUT2D eigenvalue weighted by molar-refractivity contribution is 0.666. The fourth-order valence-corrected chi connectivity index (χ4v) is 17.4. The van der Waals surface area contributed by atoms with Crippen molar-refractivity contribution >= 4 is 115 Å². The van der Waals surface area contributed by atoms with Gasteiger partial charge in [-0.2, -0.15) is 0 Å². The Bertz CT molecular complexity index is 5560. The van der Waals surface area contributed by atoms with Gasteiger partial charge >= 0.3 is 0 Å². The van der Waals surface area contributed by atoms with Gasteiger partial charge in [-0.1, -0.05) is 206 Å². The van der Waals surface area contributed by atoms with Gasteiger partial charge in [-0.3, -0.25) is 0 Å². The summed E-state index contributed by atoms with van der Waals surface area (Å²) in [5.41, 5.74) is 30.5. The monoisotopic (exact) mass is 1120 g/mol. The molecular formula is C82H53BN2OS. The van der Waals surface area contributed by atoms with Crippen LogP contribution in [0.5, 0.6) is 0 Å². The molecule has 0 fully saturated rings. The summed E-state index contributed by atoms with van der Waals surface area (Å²) >= 11 is 1.89. The van der Waals surface area contributed by atoms with E-state index in [1.54, 1.807) is 0 Å². The summed E-state index contributed by atoms with van der Waals surface area (Å²) in [6, 6.07) is 101. The van der Waals surface area contributed by atoms with Gasteiger partial charge in [-0.15, -0.1) is 11.3 Å². The van der Waals surface area contributed by atoms with Gasteiger partial charge in [0.2, 0.25) is 0 Å². The van der Waals surface area contributed by atoms with E-state index in [0.29, 0.717) is 0 Å². The zero-order valence-corrected chi connectivity index (χ0v) is 49.0.